The van der Waals surface area contributed by atoms with Crippen molar-refractivity contribution in [3.63, 3.8) is 0 Å². The molecular weight excluding hydrogens is 356 g/mol. The number of H-pyrrole nitrogens is 1. The fraction of sp³-hybridized carbons (Fsp3) is 0.167. The minimum atomic E-state index is 0.426. The molecule has 0 aliphatic carbocycles. The highest BCUT2D eigenvalue weighted by Gasteiger charge is 2.13. The molecule has 8 heteroatoms. The van der Waals surface area contributed by atoms with E-state index >= 15 is 0 Å². The van der Waals surface area contributed by atoms with Crippen LogP contribution in [0.2, 0.25) is 5.02 Å². The van der Waals surface area contributed by atoms with E-state index in [1.807, 2.05) is 24.3 Å². The van der Waals surface area contributed by atoms with Gasteiger partial charge in [-0.3, -0.25) is 5.10 Å². The van der Waals surface area contributed by atoms with Crippen LogP contribution in [-0.4, -0.2) is 31.5 Å². The van der Waals surface area contributed by atoms with E-state index in [2.05, 4.69) is 20.4 Å². The van der Waals surface area contributed by atoms with Gasteiger partial charge in [-0.1, -0.05) is 23.7 Å². The van der Waals surface area contributed by atoms with Crippen LogP contribution in [0.5, 0.6) is 17.2 Å². The number of methoxy groups -OCH3 is 3. The van der Waals surface area contributed by atoms with E-state index in [0.717, 1.165) is 11.3 Å². The molecule has 0 radical (unpaired) electrons. The van der Waals surface area contributed by atoms with Crippen LogP contribution in [-0.2, 0) is 0 Å². The predicted octanol–water partition coefficient (Wildman–Crippen LogP) is 5.17. The fourth-order valence-electron chi connectivity index (χ4n) is 2.33. The highest BCUT2D eigenvalue weighted by molar-refractivity contribution is 6.30. The monoisotopic (exact) mass is 372 g/mol. The first-order valence-corrected chi connectivity index (χ1v) is 8.05. The summed E-state index contributed by atoms with van der Waals surface area (Å²) in [5.41, 5.74) is 2.21. The van der Waals surface area contributed by atoms with Gasteiger partial charge in [-0.25, -0.2) is 0 Å². The van der Waals surface area contributed by atoms with Gasteiger partial charge in [-0.05, 0) is 17.7 Å². The summed E-state index contributed by atoms with van der Waals surface area (Å²) in [6, 6.07) is 12.6. The van der Waals surface area contributed by atoms with E-state index in [9.17, 15) is 0 Å². The summed E-state index contributed by atoms with van der Waals surface area (Å²) in [4.78, 5) is 0. The Kier molecular flexibility index (Phi) is 5.38. The number of halogens is 1. The van der Waals surface area contributed by atoms with Gasteiger partial charge < -0.3 is 14.2 Å². The van der Waals surface area contributed by atoms with Crippen molar-refractivity contribution in [1.29, 1.82) is 0 Å². The summed E-state index contributed by atoms with van der Waals surface area (Å²) < 4.78 is 15.9. The molecule has 0 atom stereocenters. The van der Waals surface area contributed by atoms with Crippen LogP contribution in [0.25, 0.3) is 11.3 Å². The van der Waals surface area contributed by atoms with Crippen LogP contribution < -0.4 is 14.2 Å². The lowest BCUT2D eigenvalue weighted by Crippen LogP contribution is -1.91. The third-order valence-corrected chi connectivity index (χ3v) is 3.91. The first-order valence-electron chi connectivity index (χ1n) is 7.67. The number of benzene rings is 2. The molecule has 3 aromatic rings. The SMILES string of the molecule is COc1cc(OC)c(N=Nc2cc(-c3ccc(Cl)cc3)[nH]n2)c(OC)c1. The Morgan fingerprint density at radius 2 is 1.54 bits per heavy atom. The van der Waals surface area contributed by atoms with Crippen molar-refractivity contribution in [2.45, 2.75) is 0 Å². The first-order chi connectivity index (χ1) is 12.6. The molecule has 2 aromatic carbocycles. The van der Waals surface area contributed by atoms with Crippen LogP contribution in [0.3, 0.4) is 0 Å². The Labute approximate surface area is 155 Å². The molecule has 0 amide bonds. The molecule has 3 rings (SSSR count). The second kappa shape index (κ2) is 7.88. The Balaban J connectivity index is 1.90. The molecule has 1 heterocycles. The van der Waals surface area contributed by atoms with Crippen LogP contribution in [0.4, 0.5) is 11.5 Å². The van der Waals surface area contributed by atoms with Crippen LogP contribution in [0.15, 0.2) is 52.7 Å². The van der Waals surface area contributed by atoms with E-state index in [4.69, 9.17) is 25.8 Å². The number of hydrogen-bond acceptors (Lipinski definition) is 6. The van der Waals surface area contributed by atoms with Crippen molar-refractivity contribution in [2.24, 2.45) is 10.2 Å². The number of aromatic nitrogens is 2. The number of azo groups is 1. The average Bonchev–Trinajstić information content (AvgIpc) is 3.15. The van der Waals surface area contributed by atoms with Crippen molar-refractivity contribution < 1.29 is 14.2 Å². The van der Waals surface area contributed by atoms with Gasteiger partial charge in [0.2, 0.25) is 0 Å². The number of nitrogens with one attached hydrogen (secondary N) is 1. The van der Waals surface area contributed by atoms with Gasteiger partial charge in [0, 0.05) is 23.2 Å². The molecule has 0 aliphatic rings. The lowest BCUT2D eigenvalue weighted by molar-refractivity contribution is 0.377. The van der Waals surface area contributed by atoms with E-state index < -0.39 is 0 Å². The summed E-state index contributed by atoms with van der Waals surface area (Å²) in [7, 11) is 4.65. The number of rotatable bonds is 6. The Bertz CT molecular complexity index is 897. The van der Waals surface area contributed by atoms with Gasteiger partial charge in [-0.15, -0.1) is 10.2 Å². The minimum Gasteiger partial charge on any atom is -0.496 e. The molecule has 134 valence electrons. The second-order valence-electron chi connectivity index (χ2n) is 5.23. The van der Waals surface area contributed by atoms with E-state index in [1.54, 1.807) is 39.5 Å². The molecular formula is C18H17ClN4O3. The van der Waals surface area contributed by atoms with Gasteiger partial charge in [0.05, 0.1) is 27.0 Å². The van der Waals surface area contributed by atoms with Gasteiger partial charge >= 0.3 is 0 Å². The summed E-state index contributed by atoms with van der Waals surface area (Å²) in [5.74, 6) is 1.99. The van der Waals surface area contributed by atoms with E-state index in [0.29, 0.717) is 33.8 Å². The van der Waals surface area contributed by atoms with Crippen LogP contribution >= 0.6 is 11.6 Å². The van der Waals surface area contributed by atoms with E-state index in [-0.39, 0.29) is 0 Å². The lowest BCUT2D eigenvalue weighted by Gasteiger charge is -2.10. The highest BCUT2D eigenvalue weighted by Crippen LogP contribution is 2.41. The molecule has 0 saturated carbocycles. The summed E-state index contributed by atoms with van der Waals surface area (Å²) in [5, 5.41) is 16.1. The number of ether oxygens (including phenoxy) is 3. The van der Waals surface area contributed by atoms with Crippen LogP contribution in [0, 0.1) is 0 Å². The van der Waals surface area contributed by atoms with Gasteiger partial charge in [0.1, 0.15) is 5.75 Å². The zero-order valence-electron chi connectivity index (χ0n) is 14.5. The third-order valence-electron chi connectivity index (χ3n) is 3.66. The molecule has 0 saturated heterocycles. The largest absolute Gasteiger partial charge is 0.496 e. The fourth-order valence-corrected chi connectivity index (χ4v) is 2.45. The topological polar surface area (TPSA) is 81.1 Å². The molecule has 1 aromatic heterocycles. The third kappa shape index (κ3) is 3.78. The zero-order chi connectivity index (χ0) is 18.5. The minimum absolute atomic E-state index is 0.426. The maximum atomic E-state index is 5.91. The maximum Gasteiger partial charge on any atom is 0.196 e. The Morgan fingerprint density at radius 3 is 2.12 bits per heavy atom. The number of nitrogens with zero attached hydrogens (tertiary/aromatic N) is 3. The van der Waals surface area contributed by atoms with Crippen molar-refractivity contribution in [1.82, 2.24) is 10.2 Å². The Hall–Kier alpha value is -3.06. The summed E-state index contributed by atoms with van der Waals surface area (Å²) >= 11 is 5.91. The van der Waals surface area contributed by atoms with E-state index in [1.165, 1.54) is 0 Å². The number of hydrogen-bond donors (Lipinski definition) is 1. The standard InChI is InChI=1S/C18H17ClN4O3/c1-24-13-8-15(25-2)18(16(9-13)26-3)23-22-17-10-14(20-21-17)11-4-6-12(19)7-5-11/h4-10H,1-3H3,(H,20,21). The highest BCUT2D eigenvalue weighted by atomic mass is 35.5. The van der Waals surface area contributed by atoms with Crippen molar-refractivity contribution in [3.05, 3.63) is 47.5 Å². The van der Waals surface area contributed by atoms with Crippen LogP contribution in [0.1, 0.15) is 0 Å². The zero-order valence-corrected chi connectivity index (χ0v) is 15.2. The first kappa shape index (κ1) is 17.8. The predicted molar refractivity (Wildman–Crippen MR) is 99.3 cm³/mol. The summed E-state index contributed by atoms with van der Waals surface area (Å²) in [6.07, 6.45) is 0. The van der Waals surface area contributed by atoms with Gasteiger partial charge in [-0.2, -0.15) is 5.10 Å². The summed E-state index contributed by atoms with van der Waals surface area (Å²) in [6.45, 7) is 0. The smallest absolute Gasteiger partial charge is 0.196 e. The molecule has 7 nitrogen and oxygen atoms in total. The van der Waals surface area contributed by atoms with Gasteiger partial charge in [0.25, 0.3) is 0 Å². The molecule has 1 N–H and O–H groups in total. The van der Waals surface area contributed by atoms with Gasteiger partial charge in [0.15, 0.2) is 23.0 Å². The number of aromatic amines is 1. The lowest BCUT2D eigenvalue weighted by atomic mass is 10.1. The molecule has 0 aliphatic heterocycles. The van der Waals surface area contributed by atoms with Crippen molar-refractivity contribution in [2.75, 3.05) is 21.3 Å². The maximum absolute atomic E-state index is 5.91. The molecule has 0 spiro atoms. The molecule has 0 bridgehead atoms. The molecule has 0 fully saturated rings. The molecule has 26 heavy (non-hydrogen) atoms. The molecule has 0 unspecified atom stereocenters. The quantitative estimate of drug-likeness (QED) is 0.605. The average molecular weight is 373 g/mol. The second-order valence-corrected chi connectivity index (χ2v) is 5.66. The Morgan fingerprint density at radius 1 is 0.885 bits per heavy atom. The normalized spacial score (nSPS) is 10.9. The van der Waals surface area contributed by atoms with Crippen molar-refractivity contribution >= 4 is 23.1 Å². The van der Waals surface area contributed by atoms with Crippen molar-refractivity contribution in [3.8, 4) is 28.5 Å².